The molecule has 1 fully saturated rings. The van der Waals surface area contributed by atoms with Crippen molar-refractivity contribution in [2.75, 3.05) is 0 Å². The number of carbonyl (C=O) groups excluding carboxylic acids is 1. The molecule has 3 N–H and O–H groups in total. The van der Waals surface area contributed by atoms with Gasteiger partial charge in [-0.05, 0) is 36.6 Å². The normalized spacial score (nSPS) is 16.9. The smallest absolute Gasteiger partial charge is 0.312 e. The summed E-state index contributed by atoms with van der Waals surface area (Å²) in [4.78, 5) is 15.7. The predicted molar refractivity (Wildman–Crippen MR) is 97.5 cm³/mol. The van der Waals surface area contributed by atoms with Gasteiger partial charge in [0.1, 0.15) is 0 Å². The van der Waals surface area contributed by atoms with Gasteiger partial charge >= 0.3 is 6.55 Å². The molecular formula is C19H22F4N4O. The Morgan fingerprint density at radius 1 is 1.39 bits per heavy atom. The number of halogens is 4. The van der Waals surface area contributed by atoms with Crippen molar-refractivity contribution in [1.29, 1.82) is 5.41 Å². The standard InChI is InChI=1S/C19H22F4N4O/c1-2-17(28)27-11-13-10-26-16(12-3-6-19(22,23)7-4-12)9-14(13)15(24)5-8-25-18(20)21/h2,5,8-10,12,18,24-25H,1,3-4,6-7,11H2,(H,27,28)/b8-5-,24-15?. The molecule has 0 spiro atoms. The van der Waals surface area contributed by atoms with E-state index in [4.69, 9.17) is 5.41 Å². The van der Waals surface area contributed by atoms with Crippen LogP contribution in [0.25, 0.3) is 0 Å². The molecule has 2 rings (SSSR count). The molecule has 1 aliphatic carbocycles. The monoisotopic (exact) mass is 398 g/mol. The number of allylic oxidation sites excluding steroid dienone is 1. The van der Waals surface area contributed by atoms with Gasteiger partial charge in [-0.25, -0.2) is 8.78 Å². The van der Waals surface area contributed by atoms with Crippen molar-refractivity contribution in [3.8, 4) is 0 Å². The third-order valence-electron chi connectivity index (χ3n) is 4.54. The van der Waals surface area contributed by atoms with Crippen LogP contribution >= 0.6 is 0 Å². The van der Waals surface area contributed by atoms with Crippen molar-refractivity contribution in [3.63, 3.8) is 0 Å². The van der Waals surface area contributed by atoms with Crippen molar-refractivity contribution in [2.24, 2.45) is 0 Å². The summed E-state index contributed by atoms with van der Waals surface area (Å²) in [6.45, 7) is 0.660. The van der Waals surface area contributed by atoms with Gasteiger partial charge in [-0.2, -0.15) is 8.78 Å². The summed E-state index contributed by atoms with van der Waals surface area (Å²) < 4.78 is 51.2. The average Bonchev–Trinajstić information content (AvgIpc) is 2.65. The van der Waals surface area contributed by atoms with E-state index in [0.717, 1.165) is 12.3 Å². The zero-order valence-corrected chi connectivity index (χ0v) is 15.2. The molecule has 0 saturated heterocycles. The molecule has 5 nitrogen and oxygen atoms in total. The summed E-state index contributed by atoms with van der Waals surface area (Å²) in [5.41, 5.74) is 1.40. The van der Waals surface area contributed by atoms with E-state index in [-0.39, 0.29) is 43.9 Å². The lowest BCUT2D eigenvalue weighted by molar-refractivity contribution is -0.116. The Labute approximate surface area is 160 Å². The van der Waals surface area contributed by atoms with Crippen LogP contribution in [0, 0.1) is 5.41 Å². The molecule has 0 aromatic carbocycles. The van der Waals surface area contributed by atoms with Gasteiger partial charge in [0.2, 0.25) is 11.8 Å². The number of aromatic nitrogens is 1. The van der Waals surface area contributed by atoms with Crippen molar-refractivity contribution >= 4 is 11.6 Å². The number of nitrogens with one attached hydrogen (secondary N) is 3. The highest BCUT2D eigenvalue weighted by Gasteiger charge is 2.36. The van der Waals surface area contributed by atoms with Gasteiger partial charge in [-0.15, -0.1) is 0 Å². The number of nitrogens with zero attached hydrogens (tertiary/aromatic N) is 1. The molecule has 0 unspecified atom stereocenters. The maximum atomic E-state index is 13.4. The van der Waals surface area contributed by atoms with Gasteiger partial charge in [0.25, 0.3) is 0 Å². The maximum absolute atomic E-state index is 13.4. The highest BCUT2D eigenvalue weighted by atomic mass is 19.3. The fourth-order valence-corrected chi connectivity index (χ4v) is 3.00. The summed E-state index contributed by atoms with van der Waals surface area (Å²) in [6.07, 6.45) is 4.82. The Morgan fingerprint density at radius 2 is 2.07 bits per heavy atom. The summed E-state index contributed by atoms with van der Waals surface area (Å²) in [7, 11) is 0. The Hall–Kier alpha value is -2.71. The van der Waals surface area contributed by atoms with Gasteiger partial charge in [-0.1, -0.05) is 6.58 Å². The number of amides is 1. The molecule has 1 heterocycles. The summed E-state index contributed by atoms with van der Waals surface area (Å²) in [5.74, 6) is -3.23. The first-order valence-corrected chi connectivity index (χ1v) is 8.78. The maximum Gasteiger partial charge on any atom is 0.312 e. The van der Waals surface area contributed by atoms with Gasteiger partial charge in [-0.3, -0.25) is 9.78 Å². The Balaban J connectivity index is 2.25. The predicted octanol–water partition coefficient (Wildman–Crippen LogP) is 3.87. The number of hydrogen-bond acceptors (Lipinski definition) is 4. The lowest BCUT2D eigenvalue weighted by Crippen LogP contribution is -2.25. The zero-order chi connectivity index (χ0) is 20.7. The van der Waals surface area contributed by atoms with Gasteiger partial charge in [0.05, 0.1) is 5.71 Å². The van der Waals surface area contributed by atoms with E-state index in [2.05, 4.69) is 16.9 Å². The van der Waals surface area contributed by atoms with E-state index in [9.17, 15) is 22.4 Å². The topological polar surface area (TPSA) is 77.9 Å². The van der Waals surface area contributed by atoms with Crippen molar-refractivity contribution in [2.45, 2.75) is 50.6 Å². The second-order valence-corrected chi connectivity index (χ2v) is 6.53. The van der Waals surface area contributed by atoms with Gasteiger partial charge in [0.15, 0.2) is 0 Å². The van der Waals surface area contributed by atoms with Crippen LogP contribution in [0.4, 0.5) is 17.6 Å². The summed E-state index contributed by atoms with van der Waals surface area (Å²) >= 11 is 0. The third-order valence-corrected chi connectivity index (χ3v) is 4.54. The Morgan fingerprint density at radius 3 is 2.68 bits per heavy atom. The van der Waals surface area contributed by atoms with Crippen LogP contribution in [0.3, 0.4) is 0 Å². The van der Waals surface area contributed by atoms with Crippen molar-refractivity contribution in [3.05, 3.63) is 54.0 Å². The minimum absolute atomic E-state index is 0.0642. The quantitative estimate of drug-likeness (QED) is 0.269. The first-order valence-electron chi connectivity index (χ1n) is 8.78. The lowest BCUT2D eigenvalue weighted by Gasteiger charge is -2.28. The third kappa shape index (κ3) is 6.17. The molecule has 1 aromatic rings. The molecule has 28 heavy (non-hydrogen) atoms. The van der Waals surface area contributed by atoms with Crippen LogP contribution in [-0.2, 0) is 11.3 Å². The van der Waals surface area contributed by atoms with E-state index in [0.29, 0.717) is 16.8 Å². The molecule has 1 saturated carbocycles. The highest BCUT2D eigenvalue weighted by Crippen LogP contribution is 2.40. The Kier molecular flexibility index (Phi) is 7.31. The molecule has 0 atom stereocenters. The number of hydrogen-bond donors (Lipinski definition) is 3. The molecule has 0 radical (unpaired) electrons. The molecule has 0 aliphatic heterocycles. The minimum atomic E-state index is -2.76. The molecule has 152 valence electrons. The van der Waals surface area contributed by atoms with Crippen LogP contribution in [0.15, 0.2) is 37.2 Å². The zero-order valence-electron chi connectivity index (χ0n) is 15.2. The van der Waals surface area contributed by atoms with E-state index in [1.165, 1.54) is 12.3 Å². The SMILES string of the molecule is C=CC(=O)NCc1cnc(C2CCC(F)(F)CC2)cc1C(=N)/C=C\NC(F)F. The van der Waals surface area contributed by atoms with Gasteiger partial charge < -0.3 is 16.0 Å². The molecule has 9 heteroatoms. The Bertz CT molecular complexity index is 754. The number of pyridine rings is 1. The van der Waals surface area contributed by atoms with Crippen LogP contribution in [-0.4, -0.2) is 29.1 Å². The van der Waals surface area contributed by atoms with Crippen LogP contribution in [0.5, 0.6) is 0 Å². The second-order valence-electron chi connectivity index (χ2n) is 6.53. The van der Waals surface area contributed by atoms with E-state index >= 15 is 0 Å². The molecule has 0 bridgehead atoms. The second kappa shape index (κ2) is 9.48. The fourth-order valence-electron chi connectivity index (χ4n) is 3.00. The van der Waals surface area contributed by atoms with Crippen molar-refractivity contribution in [1.82, 2.24) is 15.6 Å². The number of alkyl halides is 4. The number of rotatable bonds is 8. The minimum Gasteiger partial charge on any atom is -0.348 e. The van der Waals surface area contributed by atoms with Crippen molar-refractivity contribution < 1.29 is 22.4 Å². The van der Waals surface area contributed by atoms with Gasteiger partial charge in [0, 0.05) is 49.0 Å². The number of carbonyl (C=O) groups is 1. The lowest BCUT2D eigenvalue weighted by atomic mass is 9.83. The molecule has 1 aromatic heterocycles. The molecular weight excluding hydrogens is 376 g/mol. The summed E-state index contributed by atoms with van der Waals surface area (Å²) in [5, 5.41) is 12.5. The van der Waals surface area contributed by atoms with E-state index in [1.807, 2.05) is 0 Å². The van der Waals surface area contributed by atoms with Crippen LogP contribution in [0.1, 0.15) is 48.4 Å². The first kappa shape index (κ1) is 21.6. The van der Waals surface area contributed by atoms with Crippen LogP contribution in [0.2, 0.25) is 0 Å². The first-order chi connectivity index (χ1) is 13.2. The molecule has 1 aliphatic rings. The summed E-state index contributed by atoms with van der Waals surface area (Å²) in [6, 6.07) is 1.61. The fraction of sp³-hybridized carbons (Fsp3) is 0.421. The molecule has 1 amide bonds. The highest BCUT2D eigenvalue weighted by molar-refractivity contribution is 6.07. The van der Waals surface area contributed by atoms with E-state index < -0.39 is 18.4 Å². The average molecular weight is 398 g/mol. The van der Waals surface area contributed by atoms with Crippen LogP contribution < -0.4 is 10.6 Å². The van der Waals surface area contributed by atoms with E-state index in [1.54, 1.807) is 11.4 Å². The largest absolute Gasteiger partial charge is 0.348 e.